The molecule has 0 saturated heterocycles. The first-order valence-electron chi connectivity index (χ1n) is 5.67. The van der Waals surface area contributed by atoms with Gasteiger partial charge in [-0.3, -0.25) is 0 Å². The molecule has 112 valence electrons. The summed E-state index contributed by atoms with van der Waals surface area (Å²) in [7, 11) is 0. The van der Waals surface area contributed by atoms with Crippen molar-refractivity contribution < 1.29 is 40.4 Å². The molecule has 0 aliphatic rings. The van der Waals surface area contributed by atoms with Gasteiger partial charge >= 0.3 is 31.3 Å². The topological polar surface area (TPSA) is 109 Å². The Kier molecular flexibility index (Phi) is 10.4. The van der Waals surface area contributed by atoms with Crippen molar-refractivity contribution in [2.75, 3.05) is 0 Å². The van der Waals surface area contributed by atoms with Crippen molar-refractivity contribution in [2.45, 2.75) is 6.61 Å². The summed E-state index contributed by atoms with van der Waals surface area (Å²) in [5, 5.41) is 16.9. The quantitative estimate of drug-likeness (QED) is 0.874. The molecular formula is C14H14CrO6. The van der Waals surface area contributed by atoms with E-state index in [-0.39, 0.29) is 6.61 Å². The minimum absolute atomic E-state index is 0.140. The summed E-state index contributed by atoms with van der Waals surface area (Å²) in [6.45, 7) is 0.140. The number of aliphatic hydroxyl groups excluding tert-OH is 1. The Hall–Kier alpha value is -2.20. The zero-order chi connectivity index (χ0) is 16.1. The third-order valence-electron chi connectivity index (χ3n) is 2.05. The molecule has 0 spiro atoms. The van der Waals surface area contributed by atoms with E-state index in [1.54, 1.807) is 30.3 Å². The van der Waals surface area contributed by atoms with Gasteiger partial charge in [-0.2, -0.15) is 0 Å². The predicted molar refractivity (Wildman–Crippen MR) is 67.8 cm³/mol. The van der Waals surface area contributed by atoms with E-state index in [1.807, 2.05) is 30.3 Å². The first-order chi connectivity index (χ1) is 9.97. The maximum atomic E-state index is 10.2. The van der Waals surface area contributed by atoms with Crippen LogP contribution in [0.5, 0.6) is 0 Å². The van der Waals surface area contributed by atoms with Gasteiger partial charge in [-0.25, -0.2) is 4.79 Å². The van der Waals surface area contributed by atoms with Crippen molar-refractivity contribution in [3.8, 4) is 0 Å². The van der Waals surface area contributed by atoms with Gasteiger partial charge in [-0.05, 0) is 17.7 Å². The van der Waals surface area contributed by atoms with Crippen molar-refractivity contribution in [1.29, 1.82) is 0 Å². The van der Waals surface area contributed by atoms with Crippen molar-refractivity contribution in [1.82, 2.24) is 0 Å². The second-order valence-electron chi connectivity index (χ2n) is 3.52. The first-order valence-corrected chi connectivity index (χ1v) is 7.23. The number of aromatic carboxylic acids is 1. The van der Waals surface area contributed by atoms with Crippen LogP contribution < -0.4 is 0 Å². The summed E-state index contributed by atoms with van der Waals surface area (Å²) in [5.74, 6) is -0.879. The number of aliphatic hydroxyl groups is 1. The van der Waals surface area contributed by atoms with E-state index in [0.29, 0.717) is 5.56 Å². The van der Waals surface area contributed by atoms with E-state index < -0.39 is 19.9 Å². The van der Waals surface area contributed by atoms with Crippen LogP contribution in [0.3, 0.4) is 0 Å². The van der Waals surface area contributed by atoms with Gasteiger partial charge in [0.05, 0.1) is 12.2 Å². The van der Waals surface area contributed by atoms with E-state index in [4.69, 9.17) is 21.6 Å². The predicted octanol–water partition coefficient (Wildman–Crippen LogP) is 2.20. The Labute approximate surface area is 125 Å². The average molecular weight is 330 g/mol. The van der Waals surface area contributed by atoms with Crippen LogP contribution in [-0.4, -0.2) is 16.2 Å². The van der Waals surface area contributed by atoms with Gasteiger partial charge in [0.25, 0.3) is 0 Å². The van der Waals surface area contributed by atoms with Crippen molar-refractivity contribution >= 4 is 5.97 Å². The zero-order valence-electron chi connectivity index (χ0n) is 10.9. The summed E-state index contributed by atoms with van der Waals surface area (Å²) in [6.07, 6.45) is 0. The molecule has 7 heteroatoms. The van der Waals surface area contributed by atoms with E-state index >= 15 is 0 Å². The molecule has 21 heavy (non-hydrogen) atoms. The second kappa shape index (κ2) is 11.6. The van der Waals surface area contributed by atoms with E-state index in [2.05, 4.69) is 0 Å². The molecule has 0 fully saturated rings. The third kappa shape index (κ3) is 11.3. The molecule has 0 unspecified atom stereocenters. The Bertz CT molecular complexity index is 616. The number of hydrogen-bond donors (Lipinski definition) is 2. The summed E-state index contributed by atoms with van der Waals surface area (Å²) in [4.78, 5) is 10.2. The molecule has 0 amide bonds. The van der Waals surface area contributed by atoms with Crippen LogP contribution in [0.25, 0.3) is 0 Å². The molecule has 0 saturated carbocycles. The number of carboxylic acid groups (broad SMARTS) is 1. The molecule has 0 heterocycles. The van der Waals surface area contributed by atoms with Gasteiger partial charge in [0.1, 0.15) is 0 Å². The molecular weight excluding hydrogens is 316 g/mol. The Morgan fingerprint density at radius 2 is 1.24 bits per heavy atom. The fourth-order valence-electron chi connectivity index (χ4n) is 1.16. The standard InChI is InChI=1S/C7H6O2.C7H8O.Cr.3O/c8-7(9)6-4-2-1-3-5-6;8-6-7-4-2-1-3-5-7;;;;/h1-5H,(H,8,9);1-5,8H,6H2;;;;. The number of rotatable bonds is 2. The fourth-order valence-corrected chi connectivity index (χ4v) is 1.16. The van der Waals surface area contributed by atoms with Gasteiger partial charge in [0.2, 0.25) is 0 Å². The fraction of sp³-hybridized carbons (Fsp3) is 0.0714. The van der Waals surface area contributed by atoms with Crippen LogP contribution in [0.4, 0.5) is 0 Å². The molecule has 0 atom stereocenters. The molecule has 0 radical (unpaired) electrons. The molecule has 2 N–H and O–H groups in total. The van der Waals surface area contributed by atoms with Gasteiger partial charge in [-0.1, -0.05) is 48.5 Å². The van der Waals surface area contributed by atoms with Crippen molar-refractivity contribution in [3.05, 3.63) is 71.8 Å². The van der Waals surface area contributed by atoms with E-state index in [1.165, 1.54) is 0 Å². The molecule has 0 aliphatic heterocycles. The van der Waals surface area contributed by atoms with Crippen LogP contribution in [0, 0.1) is 0 Å². The number of carbonyl (C=O) groups is 1. The summed E-state index contributed by atoms with van der Waals surface area (Å²) in [6, 6.07) is 17.8. The third-order valence-corrected chi connectivity index (χ3v) is 2.05. The summed E-state index contributed by atoms with van der Waals surface area (Å²) < 4.78 is 25.6. The number of benzene rings is 2. The van der Waals surface area contributed by atoms with Crippen LogP contribution >= 0.6 is 0 Å². The van der Waals surface area contributed by atoms with Gasteiger partial charge in [-0.15, -0.1) is 0 Å². The van der Waals surface area contributed by atoms with Gasteiger partial charge in [0, 0.05) is 0 Å². The average Bonchev–Trinajstić information content (AvgIpc) is 2.49. The molecule has 6 nitrogen and oxygen atoms in total. The summed E-state index contributed by atoms with van der Waals surface area (Å²) in [5.41, 5.74) is 1.30. The van der Waals surface area contributed by atoms with Crippen LogP contribution in [0.1, 0.15) is 15.9 Å². The van der Waals surface area contributed by atoms with Crippen LogP contribution in [0.15, 0.2) is 60.7 Å². The van der Waals surface area contributed by atoms with E-state index in [0.717, 1.165) is 5.56 Å². The Balaban J connectivity index is 0.000000308. The molecule has 0 aliphatic carbocycles. The first kappa shape index (κ1) is 18.8. The SMILES string of the molecule is O=C(O)c1ccccc1.OCc1ccccc1.[O]=[Cr](=[O])=[O]. The van der Waals surface area contributed by atoms with E-state index in [9.17, 15) is 4.79 Å². The normalized spacial score (nSPS) is 8.43. The van der Waals surface area contributed by atoms with Crippen LogP contribution in [0.2, 0.25) is 0 Å². The molecule has 0 bridgehead atoms. The maximum absolute atomic E-state index is 10.2. The second-order valence-corrected chi connectivity index (χ2v) is 4.16. The number of carboxylic acids is 1. The molecule has 2 rings (SSSR count). The van der Waals surface area contributed by atoms with Crippen molar-refractivity contribution in [3.63, 3.8) is 0 Å². The van der Waals surface area contributed by atoms with Gasteiger partial charge in [0.15, 0.2) is 0 Å². The summed E-state index contributed by atoms with van der Waals surface area (Å²) >= 11 is -3.79. The minimum atomic E-state index is -3.79. The van der Waals surface area contributed by atoms with Gasteiger partial charge < -0.3 is 10.2 Å². The monoisotopic (exact) mass is 330 g/mol. The molecule has 0 aromatic heterocycles. The molecule has 2 aromatic rings. The van der Waals surface area contributed by atoms with Crippen LogP contribution in [-0.2, 0) is 32.0 Å². The zero-order valence-corrected chi connectivity index (χ0v) is 12.2. The Morgan fingerprint density at radius 1 is 0.857 bits per heavy atom. The molecule has 2 aromatic carbocycles. The number of hydrogen-bond acceptors (Lipinski definition) is 5. The van der Waals surface area contributed by atoms with Crippen molar-refractivity contribution in [2.24, 2.45) is 0 Å². The Morgan fingerprint density at radius 3 is 1.48 bits per heavy atom.